The van der Waals surface area contributed by atoms with E-state index in [0.717, 1.165) is 16.7 Å². The molecule has 0 saturated heterocycles. The van der Waals surface area contributed by atoms with Crippen LogP contribution in [0.1, 0.15) is 33.2 Å². The van der Waals surface area contributed by atoms with E-state index in [0.29, 0.717) is 29.2 Å². The smallest absolute Gasteiger partial charge is 0.320 e. The summed E-state index contributed by atoms with van der Waals surface area (Å²) in [6.07, 6.45) is 2.01. The van der Waals surface area contributed by atoms with Gasteiger partial charge in [0.05, 0.1) is 20.3 Å². The number of hydrogen-bond donors (Lipinski definition) is 0. The number of methoxy groups -OCH3 is 2. The molecule has 1 atom stereocenters. The molecule has 2 heterocycles. The van der Waals surface area contributed by atoms with Gasteiger partial charge in [-0.3, -0.25) is 4.79 Å². The van der Waals surface area contributed by atoms with E-state index in [9.17, 15) is 10.0 Å². The summed E-state index contributed by atoms with van der Waals surface area (Å²) in [6.45, 7) is 0.496. The molecule has 0 N–H and O–H groups in total. The third-order valence-corrected chi connectivity index (χ3v) is 5.29. The maximum atomic E-state index is 13.3. The molecule has 29 heavy (non-hydrogen) atoms. The Balaban J connectivity index is 1.86. The molecule has 1 aliphatic rings. The van der Waals surface area contributed by atoms with Gasteiger partial charge in [-0.2, -0.15) is 4.73 Å². The first-order valence-corrected chi connectivity index (χ1v) is 9.43. The zero-order valence-electron chi connectivity index (χ0n) is 16.4. The minimum Gasteiger partial charge on any atom is -0.618 e. The predicted molar refractivity (Wildman–Crippen MR) is 108 cm³/mol. The van der Waals surface area contributed by atoms with Gasteiger partial charge in [-0.25, -0.2) is 0 Å². The second-order valence-electron chi connectivity index (χ2n) is 6.88. The molecule has 1 amide bonds. The fourth-order valence-electron chi connectivity index (χ4n) is 3.90. The number of ether oxygens (including phenoxy) is 2. The Hall–Kier alpha value is -3.54. The molecule has 0 aliphatic carbocycles. The first-order chi connectivity index (χ1) is 14.1. The first-order valence-electron chi connectivity index (χ1n) is 9.43. The molecule has 2 aromatic carbocycles. The lowest BCUT2D eigenvalue weighted by molar-refractivity contribution is -0.608. The second kappa shape index (κ2) is 7.83. The highest BCUT2D eigenvalue weighted by Gasteiger charge is 2.36. The van der Waals surface area contributed by atoms with Gasteiger partial charge >= 0.3 is 5.91 Å². The van der Waals surface area contributed by atoms with Crippen LogP contribution in [0.3, 0.4) is 0 Å². The number of hydrogen-bond acceptors (Lipinski definition) is 4. The lowest BCUT2D eigenvalue weighted by Crippen LogP contribution is -2.45. The lowest BCUT2D eigenvalue weighted by Gasteiger charge is -2.37. The summed E-state index contributed by atoms with van der Waals surface area (Å²) in [6, 6.07) is 18.3. The van der Waals surface area contributed by atoms with Crippen molar-refractivity contribution in [3.8, 4) is 11.5 Å². The molecule has 0 spiro atoms. The molecule has 4 rings (SSSR count). The molecule has 0 bridgehead atoms. The van der Waals surface area contributed by atoms with E-state index in [1.54, 1.807) is 37.3 Å². The third kappa shape index (κ3) is 3.38. The molecule has 1 aromatic heterocycles. The number of aromatic nitrogens is 1. The molecule has 3 aromatic rings. The number of rotatable bonds is 4. The van der Waals surface area contributed by atoms with Crippen LogP contribution in [0.2, 0.25) is 0 Å². The Morgan fingerprint density at radius 2 is 1.72 bits per heavy atom. The second-order valence-corrected chi connectivity index (χ2v) is 6.88. The Labute approximate surface area is 169 Å². The quantitative estimate of drug-likeness (QED) is 0.507. The normalized spacial score (nSPS) is 15.5. The fourth-order valence-corrected chi connectivity index (χ4v) is 3.90. The highest BCUT2D eigenvalue weighted by atomic mass is 16.5. The average molecular weight is 390 g/mol. The Morgan fingerprint density at radius 3 is 2.41 bits per heavy atom. The summed E-state index contributed by atoms with van der Waals surface area (Å²) < 4.78 is 11.6. The zero-order valence-corrected chi connectivity index (χ0v) is 16.4. The van der Waals surface area contributed by atoms with Crippen LogP contribution < -0.4 is 14.2 Å². The van der Waals surface area contributed by atoms with Gasteiger partial charge in [-0.1, -0.05) is 30.3 Å². The molecule has 148 valence electrons. The molecule has 0 saturated carbocycles. The van der Waals surface area contributed by atoms with Crippen LogP contribution in [-0.4, -0.2) is 31.6 Å². The first kappa shape index (κ1) is 18.8. The van der Waals surface area contributed by atoms with Crippen LogP contribution in [0.15, 0.2) is 66.9 Å². The van der Waals surface area contributed by atoms with Crippen molar-refractivity contribution in [3.05, 3.63) is 94.5 Å². The van der Waals surface area contributed by atoms with E-state index in [1.807, 2.05) is 42.5 Å². The molecule has 6 nitrogen and oxygen atoms in total. The maximum absolute atomic E-state index is 13.3. The number of nitrogens with zero attached hydrogens (tertiary/aromatic N) is 2. The van der Waals surface area contributed by atoms with E-state index < -0.39 is 0 Å². The van der Waals surface area contributed by atoms with E-state index >= 15 is 0 Å². The van der Waals surface area contributed by atoms with Crippen LogP contribution >= 0.6 is 0 Å². The monoisotopic (exact) mass is 390 g/mol. The van der Waals surface area contributed by atoms with Crippen molar-refractivity contribution in [1.82, 2.24) is 4.90 Å². The van der Waals surface area contributed by atoms with E-state index in [2.05, 4.69) is 0 Å². The molecule has 1 aliphatic heterocycles. The van der Waals surface area contributed by atoms with Gasteiger partial charge in [-0.05, 0) is 41.3 Å². The number of carbonyl (C=O) groups is 1. The minimum atomic E-state index is -0.326. The van der Waals surface area contributed by atoms with E-state index in [1.165, 1.54) is 6.20 Å². The average Bonchev–Trinajstić information content (AvgIpc) is 2.77. The summed E-state index contributed by atoms with van der Waals surface area (Å²) in [5, 5.41) is 12.2. The molecular formula is C23H22N2O4. The van der Waals surface area contributed by atoms with Gasteiger partial charge in [0.25, 0.3) is 5.69 Å². The zero-order chi connectivity index (χ0) is 20.4. The van der Waals surface area contributed by atoms with Crippen molar-refractivity contribution in [1.29, 1.82) is 0 Å². The number of fused-ring (bicyclic) bond motifs is 1. The standard InChI is InChI=1S/C23H22N2O4/c1-28-20-14-17-11-13-24(23(26)19-10-6-7-12-25(19)27)22(16-8-4-3-5-9-16)18(17)15-21(20)29-2/h3-10,12,14-15,22H,11,13H2,1-2H3/t22-/m0/s1. The van der Waals surface area contributed by atoms with E-state index in [-0.39, 0.29) is 17.6 Å². The van der Waals surface area contributed by atoms with Crippen LogP contribution in [0.25, 0.3) is 0 Å². The van der Waals surface area contributed by atoms with Crippen molar-refractivity contribution in [2.45, 2.75) is 12.5 Å². The number of amides is 1. The molecule has 6 heteroatoms. The fraction of sp³-hybridized carbons (Fsp3) is 0.217. The topological polar surface area (TPSA) is 65.7 Å². The summed E-state index contributed by atoms with van der Waals surface area (Å²) in [7, 11) is 3.21. The summed E-state index contributed by atoms with van der Waals surface area (Å²) >= 11 is 0. The highest BCUT2D eigenvalue weighted by Crippen LogP contribution is 2.41. The summed E-state index contributed by atoms with van der Waals surface area (Å²) in [4.78, 5) is 15.1. The molecule has 0 fully saturated rings. The van der Waals surface area contributed by atoms with Crippen molar-refractivity contribution >= 4 is 5.91 Å². The number of carbonyl (C=O) groups excluding carboxylic acids is 1. The third-order valence-electron chi connectivity index (χ3n) is 5.29. The van der Waals surface area contributed by atoms with Gasteiger partial charge in [0.1, 0.15) is 0 Å². The van der Waals surface area contributed by atoms with Gasteiger partial charge < -0.3 is 19.6 Å². The minimum absolute atomic E-state index is 0.109. The SMILES string of the molecule is COc1cc2c(cc1OC)[C@H](c1ccccc1)N(C(=O)c1cccc[n+]1[O-])CC2. The molecule has 0 unspecified atom stereocenters. The summed E-state index contributed by atoms with van der Waals surface area (Å²) in [5.41, 5.74) is 3.16. The van der Waals surface area contributed by atoms with Gasteiger partial charge in [0, 0.05) is 18.7 Å². The Bertz CT molecular complexity index is 1040. The van der Waals surface area contributed by atoms with Crippen LogP contribution in [0, 0.1) is 5.21 Å². The molecular weight excluding hydrogens is 368 g/mol. The number of pyridine rings is 1. The number of benzene rings is 2. The van der Waals surface area contributed by atoms with Crippen molar-refractivity contribution in [2.75, 3.05) is 20.8 Å². The van der Waals surface area contributed by atoms with Crippen molar-refractivity contribution in [3.63, 3.8) is 0 Å². The van der Waals surface area contributed by atoms with Crippen molar-refractivity contribution in [2.24, 2.45) is 0 Å². The Morgan fingerprint density at radius 1 is 1.03 bits per heavy atom. The van der Waals surface area contributed by atoms with Crippen LogP contribution in [-0.2, 0) is 6.42 Å². The van der Waals surface area contributed by atoms with Crippen molar-refractivity contribution < 1.29 is 19.0 Å². The van der Waals surface area contributed by atoms with E-state index in [4.69, 9.17) is 9.47 Å². The van der Waals surface area contributed by atoms with Gasteiger partial charge in [0.15, 0.2) is 17.7 Å². The largest absolute Gasteiger partial charge is 0.618 e. The highest BCUT2D eigenvalue weighted by molar-refractivity contribution is 5.91. The van der Waals surface area contributed by atoms with Crippen LogP contribution in [0.4, 0.5) is 0 Å². The maximum Gasteiger partial charge on any atom is 0.320 e. The van der Waals surface area contributed by atoms with Gasteiger partial charge in [0.2, 0.25) is 0 Å². The Kier molecular flexibility index (Phi) is 5.08. The van der Waals surface area contributed by atoms with Gasteiger partial charge in [-0.15, -0.1) is 0 Å². The molecule has 0 radical (unpaired) electrons. The lowest BCUT2D eigenvalue weighted by atomic mass is 9.87. The summed E-state index contributed by atoms with van der Waals surface area (Å²) in [5.74, 6) is 0.980. The predicted octanol–water partition coefficient (Wildman–Crippen LogP) is 3.13. The van der Waals surface area contributed by atoms with Crippen LogP contribution in [0.5, 0.6) is 11.5 Å².